The Morgan fingerprint density at radius 1 is 1.35 bits per heavy atom. The summed E-state index contributed by atoms with van der Waals surface area (Å²) >= 11 is 0. The molecule has 3 aliphatic heterocycles. The van der Waals surface area contributed by atoms with Gasteiger partial charge in [0.25, 0.3) is 0 Å². The Bertz CT molecular complexity index is 427. The second kappa shape index (κ2) is 6.20. The monoisotopic (exact) mass is 279 g/mol. The molecule has 4 rings (SSSR count). The van der Waals surface area contributed by atoms with E-state index in [1.165, 1.54) is 13.1 Å². The summed E-state index contributed by atoms with van der Waals surface area (Å²) in [6, 6.07) is 0.831. The molecule has 20 heavy (non-hydrogen) atoms. The van der Waals surface area contributed by atoms with Crippen LogP contribution in [0.2, 0.25) is 0 Å². The molecule has 0 spiro atoms. The first-order chi connectivity index (χ1) is 9.76. The molecule has 0 aliphatic carbocycles. The van der Waals surface area contributed by atoms with Crippen molar-refractivity contribution >= 4 is 0 Å². The van der Waals surface area contributed by atoms with Crippen molar-refractivity contribution in [3.05, 3.63) is 11.7 Å². The van der Waals surface area contributed by atoms with Crippen molar-refractivity contribution in [1.82, 2.24) is 25.3 Å². The maximum atomic E-state index is 5.42. The Morgan fingerprint density at radius 2 is 2.15 bits per heavy atom. The SMILES string of the molecule is CCNC(C)CCc1nc(C2CN3CCN2CC3)no1. The van der Waals surface area contributed by atoms with Gasteiger partial charge in [-0.15, -0.1) is 0 Å². The summed E-state index contributed by atoms with van der Waals surface area (Å²) in [7, 11) is 0. The minimum absolute atomic E-state index is 0.334. The fourth-order valence-corrected chi connectivity index (χ4v) is 3.16. The zero-order chi connectivity index (χ0) is 13.9. The van der Waals surface area contributed by atoms with Crippen LogP contribution in [0.4, 0.5) is 0 Å². The highest BCUT2D eigenvalue weighted by Gasteiger charge is 2.35. The lowest BCUT2D eigenvalue weighted by Gasteiger charge is -2.46. The molecule has 2 unspecified atom stereocenters. The Kier molecular flexibility index (Phi) is 4.33. The largest absolute Gasteiger partial charge is 0.339 e. The van der Waals surface area contributed by atoms with E-state index in [-0.39, 0.29) is 0 Å². The Labute approximate surface area is 120 Å². The van der Waals surface area contributed by atoms with Crippen LogP contribution in [0.3, 0.4) is 0 Å². The van der Waals surface area contributed by atoms with Gasteiger partial charge in [-0.05, 0) is 19.9 Å². The zero-order valence-electron chi connectivity index (χ0n) is 12.5. The molecule has 3 fully saturated rings. The molecule has 0 saturated carbocycles. The third-order valence-electron chi connectivity index (χ3n) is 4.40. The quantitative estimate of drug-likeness (QED) is 0.826. The second-order valence-corrected chi connectivity index (χ2v) is 5.90. The number of piperazine rings is 3. The Balaban J connectivity index is 1.57. The molecule has 1 aromatic rings. The van der Waals surface area contributed by atoms with Crippen molar-refractivity contribution in [2.24, 2.45) is 0 Å². The molecule has 2 bridgehead atoms. The molecule has 3 saturated heterocycles. The molecule has 0 aromatic carbocycles. The van der Waals surface area contributed by atoms with Gasteiger partial charge in [-0.2, -0.15) is 4.98 Å². The standard InChI is InChI=1S/C14H25N5O/c1-3-15-11(2)4-5-13-16-14(17-20-13)12-10-18-6-8-19(12)9-7-18/h11-12,15H,3-10H2,1-2H3. The first kappa shape index (κ1) is 14.0. The molecule has 0 amide bonds. The minimum atomic E-state index is 0.334. The van der Waals surface area contributed by atoms with Gasteiger partial charge in [-0.25, -0.2) is 0 Å². The van der Waals surface area contributed by atoms with Crippen molar-refractivity contribution in [3.63, 3.8) is 0 Å². The predicted molar refractivity (Wildman–Crippen MR) is 76.5 cm³/mol. The van der Waals surface area contributed by atoms with Gasteiger partial charge in [0.1, 0.15) is 0 Å². The van der Waals surface area contributed by atoms with E-state index in [4.69, 9.17) is 4.52 Å². The lowest BCUT2D eigenvalue weighted by atomic mass is 10.1. The minimum Gasteiger partial charge on any atom is -0.339 e. The van der Waals surface area contributed by atoms with E-state index in [0.29, 0.717) is 12.1 Å². The number of aromatic nitrogens is 2. The highest BCUT2D eigenvalue weighted by molar-refractivity contribution is 5.01. The van der Waals surface area contributed by atoms with Gasteiger partial charge < -0.3 is 9.84 Å². The Hall–Kier alpha value is -0.980. The van der Waals surface area contributed by atoms with Gasteiger partial charge in [-0.3, -0.25) is 9.80 Å². The smallest absolute Gasteiger partial charge is 0.226 e. The van der Waals surface area contributed by atoms with Crippen LogP contribution in [0.5, 0.6) is 0 Å². The molecule has 0 radical (unpaired) electrons. The topological polar surface area (TPSA) is 57.4 Å². The molecule has 6 heteroatoms. The summed E-state index contributed by atoms with van der Waals surface area (Å²) in [5.74, 6) is 1.66. The lowest BCUT2D eigenvalue weighted by Crippen LogP contribution is -2.57. The van der Waals surface area contributed by atoms with Gasteiger partial charge in [0.2, 0.25) is 5.89 Å². The molecule has 1 N–H and O–H groups in total. The van der Waals surface area contributed by atoms with Gasteiger partial charge in [-0.1, -0.05) is 12.1 Å². The van der Waals surface area contributed by atoms with E-state index >= 15 is 0 Å². The first-order valence-electron chi connectivity index (χ1n) is 7.78. The molecule has 4 heterocycles. The molecular formula is C14H25N5O. The van der Waals surface area contributed by atoms with E-state index in [2.05, 4.69) is 39.1 Å². The summed E-state index contributed by atoms with van der Waals surface area (Å²) in [6.07, 6.45) is 1.90. The van der Waals surface area contributed by atoms with Crippen molar-refractivity contribution in [1.29, 1.82) is 0 Å². The van der Waals surface area contributed by atoms with Crippen LogP contribution in [0.1, 0.15) is 38.0 Å². The van der Waals surface area contributed by atoms with Gasteiger partial charge in [0.05, 0.1) is 6.04 Å². The average Bonchev–Trinajstić information content (AvgIpc) is 2.95. The number of hydrogen-bond donors (Lipinski definition) is 1. The Morgan fingerprint density at radius 3 is 2.80 bits per heavy atom. The van der Waals surface area contributed by atoms with Gasteiger partial charge >= 0.3 is 0 Å². The summed E-state index contributed by atoms with van der Waals surface area (Å²) in [6.45, 7) is 11.0. The van der Waals surface area contributed by atoms with Crippen LogP contribution in [0.25, 0.3) is 0 Å². The average molecular weight is 279 g/mol. The number of fused-ring (bicyclic) bond motifs is 3. The van der Waals surface area contributed by atoms with Crippen molar-refractivity contribution in [3.8, 4) is 0 Å². The molecule has 6 nitrogen and oxygen atoms in total. The number of rotatable bonds is 6. The van der Waals surface area contributed by atoms with E-state index < -0.39 is 0 Å². The lowest BCUT2D eigenvalue weighted by molar-refractivity contribution is 0.00781. The first-order valence-corrected chi connectivity index (χ1v) is 7.78. The van der Waals surface area contributed by atoms with Crippen molar-refractivity contribution in [2.45, 2.75) is 38.8 Å². The van der Waals surface area contributed by atoms with E-state index in [9.17, 15) is 0 Å². The van der Waals surface area contributed by atoms with Crippen LogP contribution in [-0.4, -0.2) is 65.3 Å². The van der Waals surface area contributed by atoms with Crippen LogP contribution in [-0.2, 0) is 6.42 Å². The highest BCUT2D eigenvalue weighted by Crippen LogP contribution is 2.26. The molecule has 3 aliphatic rings. The van der Waals surface area contributed by atoms with E-state index in [1.54, 1.807) is 0 Å². The van der Waals surface area contributed by atoms with Crippen molar-refractivity contribution in [2.75, 3.05) is 39.3 Å². The third kappa shape index (κ3) is 3.02. The van der Waals surface area contributed by atoms with Crippen molar-refractivity contribution < 1.29 is 4.52 Å². The highest BCUT2D eigenvalue weighted by atomic mass is 16.5. The maximum absolute atomic E-state index is 5.42. The number of nitrogens with zero attached hydrogens (tertiary/aromatic N) is 4. The number of nitrogens with one attached hydrogen (secondary N) is 1. The third-order valence-corrected chi connectivity index (χ3v) is 4.40. The molecule has 2 atom stereocenters. The summed E-state index contributed by atoms with van der Waals surface area (Å²) in [5, 5.41) is 7.61. The van der Waals surface area contributed by atoms with E-state index in [0.717, 1.165) is 50.7 Å². The van der Waals surface area contributed by atoms with Crippen LogP contribution in [0.15, 0.2) is 4.52 Å². The number of aryl methyl sites for hydroxylation is 1. The van der Waals surface area contributed by atoms with Crippen LogP contribution in [0, 0.1) is 0 Å². The zero-order valence-corrected chi connectivity index (χ0v) is 12.5. The van der Waals surface area contributed by atoms with Gasteiger partial charge in [0, 0.05) is 45.2 Å². The van der Waals surface area contributed by atoms with Crippen LogP contribution >= 0.6 is 0 Å². The van der Waals surface area contributed by atoms with Gasteiger partial charge in [0.15, 0.2) is 5.82 Å². The summed E-state index contributed by atoms with van der Waals surface area (Å²) in [5.41, 5.74) is 0. The maximum Gasteiger partial charge on any atom is 0.226 e. The second-order valence-electron chi connectivity index (χ2n) is 5.90. The fraction of sp³-hybridized carbons (Fsp3) is 0.857. The normalized spacial score (nSPS) is 30.6. The van der Waals surface area contributed by atoms with Crippen LogP contribution < -0.4 is 5.32 Å². The molecule has 112 valence electrons. The fourth-order valence-electron chi connectivity index (χ4n) is 3.16. The summed E-state index contributed by atoms with van der Waals surface area (Å²) < 4.78 is 5.42. The molecule has 1 aromatic heterocycles. The number of hydrogen-bond acceptors (Lipinski definition) is 6. The van der Waals surface area contributed by atoms with E-state index in [1.807, 2.05) is 0 Å². The predicted octanol–water partition coefficient (Wildman–Crippen LogP) is 0.673. The molecular weight excluding hydrogens is 254 g/mol. The summed E-state index contributed by atoms with van der Waals surface area (Å²) in [4.78, 5) is 9.59.